The van der Waals surface area contributed by atoms with Crippen LogP contribution in [0.15, 0.2) is 65.6 Å². The van der Waals surface area contributed by atoms with Crippen LogP contribution in [0.1, 0.15) is 28.8 Å². The summed E-state index contributed by atoms with van der Waals surface area (Å²) in [6.45, 7) is 0.907. The molecule has 12 heteroatoms. The molecule has 0 bridgehead atoms. The van der Waals surface area contributed by atoms with Crippen molar-refractivity contribution in [1.29, 1.82) is 0 Å². The molecular formula is C28H29Cl2N5O5. The Morgan fingerprint density at radius 2 is 1.70 bits per heavy atom. The predicted octanol–water partition coefficient (Wildman–Crippen LogP) is 4.01. The van der Waals surface area contributed by atoms with Crippen molar-refractivity contribution in [3.63, 3.8) is 0 Å². The first-order valence-electron chi connectivity index (χ1n) is 12.7. The molecular weight excluding hydrogens is 557 g/mol. The Bertz CT molecular complexity index is 1400. The number of nitrogens with zero attached hydrogens (tertiary/aromatic N) is 3. The molecule has 0 unspecified atom stereocenters. The summed E-state index contributed by atoms with van der Waals surface area (Å²) in [5.41, 5.74) is 0.579. The lowest BCUT2D eigenvalue weighted by atomic mass is 9.90. The van der Waals surface area contributed by atoms with Gasteiger partial charge in [-0.1, -0.05) is 59.6 Å². The number of methoxy groups -OCH3 is 1. The van der Waals surface area contributed by atoms with Gasteiger partial charge in [0.25, 0.3) is 5.91 Å². The maximum Gasteiger partial charge on any atom is 0.349 e. The highest BCUT2D eigenvalue weighted by Gasteiger charge is 2.28. The minimum atomic E-state index is -1.12. The maximum atomic E-state index is 13.0. The molecule has 2 aromatic carbocycles. The molecule has 1 atom stereocenters. The number of urea groups is 1. The van der Waals surface area contributed by atoms with E-state index in [1.165, 1.54) is 37.1 Å². The first kappa shape index (κ1) is 29.1. The zero-order chi connectivity index (χ0) is 28.6. The summed E-state index contributed by atoms with van der Waals surface area (Å²) in [6, 6.07) is 14.7. The van der Waals surface area contributed by atoms with Crippen LogP contribution in [-0.4, -0.2) is 58.6 Å². The molecule has 0 radical (unpaired) electrons. The molecule has 2 heterocycles. The number of esters is 1. The number of carbonyl (C=O) groups is 3. The van der Waals surface area contributed by atoms with Gasteiger partial charge in [-0.2, -0.15) is 4.98 Å². The third kappa shape index (κ3) is 7.40. The molecule has 2 N–H and O–H groups in total. The van der Waals surface area contributed by atoms with Gasteiger partial charge in [-0.15, -0.1) is 0 Å². The van der Waals surface area contributed by atoms with E-state index in [1.54, 1.807) is 11.0 Å². The third-order valence-corrected chi connectivity index (χ3v) is 7.37. The van der Waals surface area contributed by atoms with Crippen molar-refractivity contribution < 1.29 is 19.1 Å². The van der Waals surface area contributed by atoms with Gasteiger partial charge in [0.05, 0.1) is 29.3 Å². The Balaban J connectivity index is 1.36. The van der Waals surface area contributed by atoms with E-state index in [-0.39, 0.29) is 28.0 Å². The highest BCUT2D eigenvalue weighted by Crippen LogP contribution is 2.25. The number of amides is 3. The number of ether oxygens (including phenoxy) is 1. The van der Waals surface area contributed by atoms with E-state index in [1.807, 2.05) is 18.2 Å². The number of piperidine rings is 1. The lowest BCUT2D eigenvalue weighted by Gasteiger charge is -2.33. The topological polar surface area (TPSA) is 123 Å². The highest BCUT2D eigenvalue weighted by atomic mass is 35.5. The maximum absolute atomic E-state index is 13.0. The van der Waals surface area contributed by atoms with Crippen LogP contribution < -0.4 is 16.3 Å². The second-order valence-corrected chi connectivity index (χ2v) is 10.3. The fraction of sp³-hybridized carbons (Fsp3) is 0.321. The van der Waals surface area contributed by atoms with Gasteiger partial charge in [0.2, 0.25) is 0 Å². The molecule has 10 nitrogen and oxygen atoms in total. The Labute approximate surface area is 241 Å². The first-order valence-corrected chi connectivity index (χ1v) is 13.5. The minimum absolute atomic E-state index is 0.0285. The van der Waals surface area contributed by atoms with Gasteiger partial charge < -0.3 is 20.3 Å². The van der Waals surface area contributed by atoms with Crippen molar-refractivity contribution in [1.82, 2.24) is 19.8 Å². The molecule has 0 spiro atoms. The van der Waals surface area contributed by atoms with Crippen LogP contribution in [-0.2, 0) is 22.5 Å². The molecule has 4 rings (SSSR count). The molecule has 1 aliphatic heterocycles. The predicted molar refractivity (Wildman–Crippen MR) is 152 cm³/mol. The van der Waals surface area contributed by atoms with E-state index < -0.39 is 29.6 Å². The fourth-order valence-corrected chi connectivity index (χ4v) is 5.15. The van der Waals surface area contributed by atoms with Crippen molar-refractivity contribution in [2.45, 2.75) is 31.8 Å². The molecule has 3 amide bonds. The summed E-state index contributed by atoms with van der Waals surface area (Å²) in [4.78, 5) is 56.2. The van der Waals surface area contributed by atoms with E-state index in [0.29, 0.717) is 19.0 Å². The van der Waals surface area contributed by atoms with Crippen LogP contribution in [0.25, 0.3) is 0 Å². The number of aromatic nitrogens is 2. The summed E-state index contributed by atoms with van der Waals surface area (Å²) >= 11 is 12.1. The van der Waals surface area contributed by atoms with Crippen LogP contribution in [0, 0.1) is 5.92 Å². The Kier molecular flexibility index (Phi) is 9.79. The Morgan fingerprint density at radius 3 is 2.33 bits per heavy atom. The van der Waals surface area contributed by atoms with Gasteiger partial charge in [0, 0.05) is 19.3 Å². The smallest absolute Gasteiger partial charge is 0.349 e. The number of halogens is 2. The number of carbonyl (C=O) groups excluding carboxylic acids is 3. The second kappa shape index (κ2) is 13.5. The summed E-state index contributed by atoms with van der Waals surface area (Å²) in [6.07, 6.45) is 4.01. The van der Waals surface area contributed by atoms with E-state index in [2.05, 4.69) is 27.8 Å². The fourth-order valence-electron chi connectivity index (χ4n) is 4.58. The second-order valence-electron chi connectivity index (χ2n) is 9.44. The van der Waals surface area contributed by atoms with E-state index in [0.717, 1.165) is 23.8 Å². The van der Waals surface area contributed by atoms with Gasteiger partial charge in [-0.05, 0) is 48.9 Å². The van der Waals surface area contributed by atoms with E-state index >= 15 is 0 Å². The monoisotopic (exact) mass is 585 g/mol. The normalized spacial score (nSPS) is 14.3. The number of likely N-dealkylation sites (tertiary alicyclic amines) is 1. The van der Waals surface area contributed by atoms with E-state index in [9.17, 15) is 19.2 Å². The number of rotatable bonds is 8. The van der Waals surface area contributed by atoms with Crippen molar-refractivity contribution in [2.24, 2.45) is 5.92 Å². The summed E-state index contributed by atoms with van der Waals surface area (Å²) in [7, 11) is 1.20. The third-order valence-electron chi connectivity index (χ3n) is 6.74. The number of nitrogens with one attached hydrogen (secondary N) is 2. The molecule has 210 valence electrons. The SMILES string of the molecule is COC(=O)[C@@H](Cn1ccc(NC(=O)c2c(Cl)cccc2Cl)nc1=O)NC(=O)N1CCC(Cc2ccccc2)CC1. The van der Waals surface area contributed by atoms with Gasteiger partial charge in [0.15, 0.2) is 0 Å². The number of hydrogen-bond acceptors (Lipinski definition) is 6. The van der Waals surface area contributed by atoms with Crippen molar-refractivity contribution >= 4 is 46.9 Å². The number of hydrogen-bond donors (Lipinski definition) is 2. The van der Waals surface area contributed by atoms with Gasteiger partial charge in [-0.3, -0.25) is 9.36 Å². The lowest BCUT2D eigenvalue weighted by Crippen LogP contribution is -2.52. The Morgan fingerprint density at radius 1 is 1.02 bits per heavy atom. The minimum Gasteiger partial charge on any atom is -0.467 e. The molecule has 0 aliphatic carbocycles. The highest BCUT2D eigenvalue weighted by molar-refractivity contribution is 6.40. The first-order chi connectivity index (χ1) is 19.2. The average molecular weight is 586 g/mol. The van der Waals surface area contributed by atoms with Crippen LogP contribution in [0.3, 0.4) is 0 Å². The molecule has 1 saturated heterocycles. The van der Waals surface area contributed by atoms with Gasteiger partial charge in [-0.25, -0.2) is 14.4 Å². The molecule has 40 heavy (non-hydrogen) atoms. The quantitative estimate of drug-likeness (QED) is 0.385. The lowest BCUT2D eigenvalue weighted by molar-refractivity contribution is -0.143. The van der Waals surface area contributed by atoms with Crippen molar-refractivity contribution in [2.75, 3.05) is 25.5 Å². The average Bonchev–Trinajstić information content (AvgIpc) is 2.94. The van der Waals surface area contributed by atoms with Crippen LogP contribution >= 0.6 is 23.2 Å². The molecule has 0 saturated carbocycles. The summed E-state index contributed by atoms with van der Waals surface area (Å²) < 4.78 is 6.00. The number of benzene rings is 2. The van der Waals surface area contributed by atoms with Crippen LogP contribution in [0.2, 0.25) is 10.0 Å². The van der Waals surface area contributed by atoms with Crippen molar-refractivity contribution in [3.8, 4) is 0 Å². The van der Waals surface area contributed by atoms with Crippen LogP contribution in [0.5, 0.6) is 0 Å². The Hall–Kier alpha value is -3.89. The van der Waals surface area contributed by atoms with Gasteiger partial charge >= 0.3 is 17.7 Å². The molecule has 1 fully saturated rings. The standard InChI is InChI=1S/C28H29Cl2N5O5/c1-40-26(37)22(31-27(38)34-13-10-19(11-14-34)16-18-6-3-2-4-7-18)17-35-15-12-23(33-28(35)39)32-25(36)24-20(29)8-5-9-21(24)30/h2-9,12,15,19,22H,10-11,13-14,16-17H2,1H3,(H,31,38)(H,32,33,36,39)/t22-/m1/s1. The van der Waals surface area contributed by atoms with Crippen molar-refractivity contribution in [3.05, 3.63) is 92.5 Å². The summed E-state index contributed by atoms with van der Waals surface area (Å²) in [5, 5.41) is 5.47. The zero-order valence-corrected chi connectivity index (χ0v) is 23.3. The molecule has 1 aliphatic rings. The largest absolute Gasteiger partial charge is 0.467 e. The molecule has 3 aromatic rings. The summed E-state index contributed by atoms with van der Waals surface area (Å²) in [5.74, 6) is -0.892. The van der Waals surface area contributed by atoms with E-state index in [4.69, 9.17) is 27.9 Å². The van der Waals surface area contributed by atoms with Crippen LogP contribution in [0.4, 0.5) is 10.6 Å². The van der Waals surface area contributed by atoms with Gasteiger partial charge in [0.1, 0.15) is 11.9 Å². The number of anilines is 1. The molecule has 1 aromatic heterocycles. The zero-order valence-electron chi connectivity index (χ0n) is 21.8.